The van der Waals surface area contributed by atoms with Gasteiger partial charge in [0.05, 0.1) is 11.9 Å². The van der Waals surface area contributed by atoms with Crippen LogP contribution in [0.4, 0.5) is 10.5 Å². The number of hydrogen-bond acceptors (Lipinski definition) is 4. The maximum Gasteiger partial charge on any atom is 0.430 e. The fourth-order valence-electron chi connectivity index (χ4n) is 1.84. The number of sulfonamides is 1. The fourth-order valence-corrected chi connectivity index (χ4v) is 2.67. The Morgan fingerprint density at radius 3 is 2.56 bits per heavy atom. The topological polar surface area (TPSA) is 63.7 Å². The zero-order chi connectivity index (χ0) is 13.6. The van der Waals surface area contributed by atoms with Crippen LogP contribution < -0.4 is 4.31 Å². The summed E-state index contributed by atoms with van der Waals surface area (Å²) in [5.41, 5.74) is -0.552. The van der Waals surface area contributed by atoms with E-state index in [1.54, 1.807) is 25.1 Å². The molecular weight excluding hydrogens is 254 g/mol. The van der Waals surface area contributed by atoms with Crippen molar-refractivity contribution in [3.05, 3.63) is 29.8 Å². The Balaban J connectivity index is 2.76. The van der Waals surface area contributed by atoms with Crippen molar-refractivity contribution in [3.8, 4) is 12.3 Å². The van der Waals surface area contributed by atoms with Gasteiger partial charge in [0.15, 0.2) is 5.60 Å². The van der Waals surface area contributed by atoms with Gasteiger partial charge in [-0.1, -0.05) is 24.1 Å². The van der Waals surface area contributed by atoms with Gasteiger partial charge in [0.25, 0.3) is 0 Å². The first-order valence-electron chi connectivity index (χ1n) is 5.10. The fraction of sp³-hybridized carbons (Fsp3) is 0.250. The maximum absolute atomic E-state index is 11.8. The molecule has 0 aliphatic carbocycles. The first kappa shape index (κ1) is 12.5. The lowest BCUT2D eigenvalue weighted by molar-refractivity contribution is 0.0678. The van der Waals surface area contributed by atoms with E-state index in [-0.39, 0.29) is 5.69 Å². The van der Waals surface area contributed by atoms with Crippen molar-refractivity contribution in [2.24, 2.45) is 0 Å². The summed E-state index contributed by atoms with van der Waals surface area (Å²) in [5.74, 6) is 2.37. The van der Waals surface area contributed by atoms with Gasteiger partial charge in [0, 0.05) is 5.56 Å². The second-order valence-electron chi connectivity index (χ2n) is 4.09. The molecule has 0 radical (unpaired) electrons. The van der Waals surface area contributed by atoms with Crippen LogP contribution in [0.15, 0.2) is 24.3 Å². The lowest BCUT2D eigenvalue weighted by Gasteiger charge is -2.36. The number of terminal acetylenes is 1. The van der Waals surface area contributed by atoms with E-state index in [2.05, 4.69) is 5.92 Å². The van der Waals surface area contributed by atoms with Crippen LogP contribution in [0.5, 0.6) is 0 Å². The molecule has 0 N–H and O–H groups in total. The van der Waals surface area contributed by atoms with Gasteiger partial charge in [-0.2, -0.15) is 4.31 Å². The van der Waals surface area contributed by atoms with Crippen molar-refractivity contribution >= 4 is 21.8 Å². The molecule has 2 rings (SSSR count). The highest BCUT2D eigenvalue weighted by Crippen LogP contribution is 2.39. The molecule has 6 heteroatoms. The molecule has 0 bridgehead atoms. The predicted octanol–water partition coefficient (Wildman–Crippen LogP) is 1.45. The Labute approximate surface area is 105 Å². The van der Waals surface area contributed by atoms with E-state index >= 15 is 0 Å². The smallest absolute Gasteiger partial charge is 0.424 e. The molecule has 1 atom stereocenters. The summed E-state index contributed by atoms with van der Waals surface area (Å²) in [6.07, 6.45) is 5.32. The van der Waals surface area contributed by atoms with Crippen LogP contribution in [0.1, 0.15) is 12.5 Å². The van der Waals surface area contributed by atoms with E-state index in [0.717, 1.165) is 6.26 Å². The highest BCUT2D eigenvalue weighted by atomic mass is 32.2. The maximum atomic E-state index is 11.8. The second-order valence-corrected chi connectivity index (χ2v) is 5.92. The molecule has 1 aliphatic heterocycles. The zero-order valence-electron chi connectivity index (χ0n) is 9.88. The van der Waals surface area contributed by atoms with E-state index in [1.807, 2.05) is 0 Å². The van der Waals surface area contributed by atoms with Crippen molar-refractivity contribution in [1.29, 1.82) is 0 Å². The number of carbonyl (C=O) groups excluding carboxylic acids is 1. The standard InChI is InChI=1S/C12H11NO4S/c1-4-12(2)9-7-5-6-8-10(9)13(11(14)17-12)18(3,15)16/h1,5-8H,2-3H3. The Bertz CT molecular complexity index is 659. The number of para-hydroxylation sites is 1. The Morgan fingerprint density at radius 1 is 1.39 bits per heavy atom. The minimum atomic E-state index is -3.76. The van der Waals surface area contributed by atoms with Gasteiger partial charge in [-0.15, -0.1) is 6.42 Å². The van der Waals surface area contributed by atoms with Gasteiger partial charge in [0.2, 0.25) is 10.0 Å². The molecule has 0 fully saturated rings. The minimum absolute atomic E-state index is 0.233. The van der Waals surface area contributed by atoms with Gasteiger partial charge in [-0.25, -0.2) is 13.2 Å². The molecule has 1 heterocycles. The first-order valence-corrected chi connectivity index (χ1v) is 6.95. The van der Waals surface area contributed by atoms with E-state index < -0.39 is 21.7 Å². The van der Waals surface area contributed by atoms with Gasteiger partial charge in [-0.05, 0) is 13.0 Å². The molecule has 0 saturated heterocycles. The van der Waals surface area contributed by atoms with Crippen molar-refractivity contribution in [1.82, 2.24) is 0 Å². The zero-order valence-corrected chi connectivity index (χ0v) is 10.7. The average molecular weight is 265 g/mol. The third-order valence-corrected chi connectivity index (χ3v) is 3.71. The molecule has 94 valence electrons. The Hall–Kier alpha value is -2.00. The number of fused-ring (bicyclic) bond motifs is 1. The van der Waals surface area contributed by atoms with E-state index in [4.69, 9.17) is 11.2 Å². The summed E-state index contributed by atoms with van der Waals surface area (Å²) in [6.45, 7) is 1.54. The molecule has 1 unspecified atom stereocenters. The van der Waals surface area contributed by atoms with Crippen LogP contribution in [0.25, 0.3) is 0 Å². The summed E-state index contributed by atoms with van der Waals surface area (Å²) < 4.78 is 28.9. The van der Waals surface area contributed by atoms with Crippen LogP contribution >= 0.6 is 0 Å². The highest BCUT2D eigenvalue weighted by Gasteiger charge is 2.43. The number of benzene rings is 1. The molecular formula is C12H11NO4S. The molecule has 0 saturated carbocycles. The molecule has 0 spiro atoms. The summed E-state index contributed by atoms with van der Waals surface area (Å²) in [7, 11) is -3.76. The number of ether oxygens (including phenoxy) is 1. The number of hydrogen-bond donors (Lipinski definition) is 0. The molecule has 5 nitrogen and oxygen atoms in total. The second kappa shape index (κ2) is 3.75. The molecule has 1 aromatic rings. The van der Waals surface area contributed by atoms with E-state index in [1.165, 1.54) is 6.07 Å². The van der Waals surface area contributed by atoms with Crippen LogP contribution in [0, 0.1) is 12.3 Å². The van der Waals surface area contributed by atoms with Crippen molar-refractivity contribution in [3.63, 3.8) is 0 Å². The molecule has 0 aromatic heterocycles. The van der Waals surface area contributed by atoms with Gasteiger partial charge in [0.1, 0.15) is 0 Å². The molecule has 1 aliphatic rings. The number of amides is 1. The number of cyclic esters (lactones) is 1. The largest absolute Gasteiger partial charge is 0.430 e. The van der Waals surface area contributed by atoms with Gasteiger partial charge >= 0.3 is 6.09 Å². The quantitative estimate of drug-likeness (QED) is 0.721. The number of rotatable bonds is 1. The predicted molar refractivity (Wildman–Crippen MR) is 66.4 cm³/mol. The summed E-state index contributed by atoms with van der Waals surface area (Å²) >= 11 is 0. The van der Waals surface area contributed by atoms with Gasteiger partial charge in [-0.3, -0.25) is 0 Å². The summed E-state index contributed by atoms with van der Waals surface area (Å²) in [4.78, 5) is 11.8. The summed E-state index contributed by atoms with van der Waals surface area (Å²) in [6, 6.07) is 6.49. The molecule has 1 aromatic carbocycles. The van der Waals surface area contributed by atoms with Gasteiger partial charge < -0.3 is 4.74 Å². The summed E-state index contributed by atoms with van der Waals surface area (Å²) in [5, 5.41) is 0. The number of nitrogens with zero attached hydrogens (tertiary/aromatic N) is 1. The third kappa shape index (κ3) is 1.73. The van der Waals surface area contributed by atoms with Crippen LogP contribution in [0.2, 0.25) is 0 Å². The van der Waals surface area contributed by atoms with E-state index in [0.29, 0.717) is 9.87 Å². The molecule has 1 amide bonds. The van der Waals surface area contributed by atoms with Crippen LogP contribution in [0.3, 0.4) is 0 Å². The number of anilines is 1. The van der Waals surface area contributed by atoms with Crippen molar-refractivity contribution in [2.45, 2.75) is 12.5 Å². The van der Waals surface area contributed by atoms with E-state index in [9.17, 15) is 13.2 Å². The monoisotopic (exact) mass is 265 g/mol. The number of carbonyl (C=O) groups is 1. The highest BCUT2D eigenvalue weighted by molar-refractivity contribution is 7.92. The normalized spacial score (nSPS) is 22.9. The van der Waals surface area contributed by atoms with Crippen LogP contribution in [-0.2, 0) is 20.4 Å². The minimum Gasteiger partial charge on any atom is -0.424 e. The lowest BCUT2D eigenvalue weighted by atomic mass is 9.94. The SMILES string of the molecule is C#CC1(C)OC(=O)N(S(C)(=O)=O)c2ccccc21. The van der Waals surface area contributed by atoms with Crippen molar-refractivity contribution < 1.29 is 17.9 Å². The Morgan fingerprint density at radius 2 is 2.00 bits per heavy atom. The molecule has 18 heavy (non-hydrogen) atoms. The van der Waals surface area contributed by atoms with Crippen LogP contribution in [-0.4, -0.2) is 20.8 Å². The average Bonchev–Trinajstić information content (AvgIpc) is 2.27. The van der Waals surface area contributed by atoms with Crippen molar-refractivity contribution in [2.75, 3.05) is 10.6 Å². The third-order valence-electron chi connectivity index (χ3n) is 2.70. The Kier molecular flexibility index (Phi) is 2.60. The lowest BCUT2D eigenvalue weighted by Crippen LogP contribution is -2.46. The first-order chi connectivity index (χ1) is 8.29.